The van der Waals surface area contributed by atoms with E-state index in [4.69, 9.17) is 14.2 Å². The highest BCUT2D eigenvalue weighted by Crippen LogP contribution is 2.52. The second-order valence-electron chi connectivity index (χ2n) is 9.20. The van der Waals surface area contributed by atoms with Crippen LogP contribution < -0.4 is 0 Å². The number of fused-ring (bicyclic) bond motifs is 2. The van der Waals surface area contributed by atoms with Crippen LogP contribution in [0.5, 0.6) is 0 Å². The fraction of sp³-hybridized carbons (Fsp3) is 0.560. The molecule has 0 radical (unpaired) electrons. The summed E-state index contributed by atoms with van der Waals surface area (Å²) < 4.78 is 17.2. The molecule has 0 amide bonds. The molecule has 2 aliphatic rings. The van der Waals surface area contributed by atoms with Crippen LogP contribution in [0, 0.1) is 5.92 Å². The summed E-state index contributed by atoms with van der Waals surface area (Å²) >= 11 is 0. The van der Waals surface area contributed by atoms with Crippen LogP contribution in [0.1, 0.15) is 45.6 Å². The van der Waals surface area contributed by atoms with Gasteiger partial charge in [0.15, 0.2) is 29.6 Å². The zero-order valence-corrected chi connectivity index (χ0v) is 19.2. The molecule has 1 aromatic carbocycles. The van der Waals surface area contributed by atoms with E-state index < -0.39 is 41.3 Å². The van der Waals surface area contributed by atoms with Crippen LogP contribution in [-0.2, 0) is 35.0 Å². The van der Waals surface area contributed by atoms with Crippen molar-refractivity contribution >= 4 is 18.5 Å². The summed E-state index contributed by atoms with van der Waals surface area (Å²) in [5.74, 6) is -2.10. The lowest BCUT2D eigenvalue weighted by molar-refractivity contribution is -0.364. The predicted molar refractivity (Wildman–Crippen MR) is 118 cm³/mol. The highest BCUT2D eigenvalue weighted by Gasteiger charge is 2.72. The number of esters is 1. The highest BCUT2D eigenvalue weighted by atomic mass is 16.8. The van der Waals surface area contributed by atoms with Gasteiger partial charge in [-0.2, -0.15) is 0 Å². The van der Waals surface area contributed by atoms with E-state index >= 15 is 0 Å². The van der Waals surface area contributed by atoms with Gasteiger partial charge in [-0.05, 0) is 30.9 Å². The molecule has 2 bridgehead atoms. The maximum atomic E-state index is 11.9. The zero-order valence-electron chi connectivity index (χ0n) is 19.2. The lowest BCUT2D eigenvalue weighted by Crippen LogP contribution is -2.68. The molecule has 4 unspecified atom stereocenters. The van der Waals surface area contributed by atoms with E-state index in [1.165, 1.54) is 13.8 Å². The van der Waals surface area contributed by atoms with Gasteiger partial charge in [0.1, 0.15) is 12.2 Å². The molecule has 0 saturated carbocycles. The first-order valence-corrected chi connectivity index (χ1v) is 11.1. The van der Waals surface area contributed by atoms with Crippen molar-refractivity contribution < 1.29 is 38.8 Å². The van der Waals surface area contributed by atoms with Crippen LogP contribution in [-0.4, -0.2) is 64.1 Å². The maximum absolute atomic E-state index is 11.9. The number of carbonyl (C=O) groups excluding carboxylic acids is 3. The molecule has 3 rings (SSSR count). The Bertz CT molecular complexity index is 901. The molecule has 7 atom stereocenters. The number of aliphatic hydroxyl groups is 2. The normalized spacial score (nSPS) is 34.8. The topological polar surface area (TPSA) is 119 Å². The van der Waals surface area contributed by atoms with Gasteiger partial charge in [0.25, 0.3) is 0 Å². The smallest absolute Gasteiger partial charge is 0.303 e. The monoisotopic (exact) mass is 460 g/mol. The molecule has 8 heteroatoms. The minimum absolute atomic E-state index is 0.0730. The summed E-state index contributed by atoms with van der Waals surface area (Å²) in [6.45, 7) is 8.87. The second kappa shape index (κ2) is 9.46. The Balaban J connectivity index is 1.76. The molecule has 8 nitrogen and oxygen atoms in total. The Hall–Kier alpha value is -2.39. The molecule has 0 spiro atoms. The van der Waals surface area contributed by atoms with Crippen molar-refractivity contribution in [3.05, 3.63) is 48.0 Å². The van der Waals surface area contributed by atoms with Crippen LogP contribution >= 0.6 is 0 Å². The van der Waals surface area contributed by atoms with Crippen molar-refractivity contribution in [2.24, 2.45) is 5.92 Å². The summed E-state index contributed by atoms with van der Waals surface area (Å²) in [6.07, 6.45) is -1.58. The van der Waals surface area contributed by atoms with Crippen LogP contribution in [0.2, 0.25) is 0 Å². The first-order chi connectivity index (χ1) is 15.5. The number of carbonyl (C=O) groups is 3. The molecule has 0 aromatic heterocycles. The third kappa shape index (κ3) is 4.53. The molecule has 1 aromatic rings. The number of hydrogen-bond donors (Lipinski definition) is 2. The van der Waals surface area contributed by atoms with Crippen LogP contribution in [0.3, 0.4) is 0 Å². The van der Waals surface area contributed by atoms with Gasteiger partial charge in [-0.25, -0.2) is 0 Å². The predicted octanol–water partition coefficient (Wildman–Crippen LogP) is 1.90. The molecule has 2 saturated heterocycles. The number of aldehydes is 2. The number of aliphatic hydroxyl groups excluding tert-OH is 1. The van der Waals surface area contributed by atoms with Crippen molar-refractivity contribution in [1.29, 1.82) is 0 Å². The van der Waals surface area contributed by atoms with Crippen molar-refractivity contribution in [2.45, 2.75) is 81.8 Å². The van der Waals surface area contributed by atoms with Crippen LogP contribution in [0.25, 0.3) is 0 Å². The first-order valence-electron chi connectivity index (χ1n) is 11.1. The minimum atomic E-state index is -2.21. The Morgan fingerprint density at radius 3 is 2.55 bits per heavy atom. The molecule has 0 aliphatic carbocycles. The van der Waals surface area contributed by atoms with Crippen molar-refractivity contribution in [3.63, 3.8) is 0 Å². The summed E-state index contributed by atoms with van der Waals surface area (Å²) in [5, 5.41) is 21.5. The van der Waals surface area contributed by atoms with Gasteiger partial charge in [-0.15, -0.1) is 0 Å². The molecule has 2 fully saturated rings. The SMILES string of the molecule is C=C(CCC12OC(C)C(O)(C=O)C(C=O)(C[C@H]1O)O2)[C@@H](OC(C)=O)[C@H](C)Cc1ccccc1. The molecule has 2 aliphatic heterocycles. The first kappa shape index (κ1) is 25.2. The molecule has 33 heavy (non-hydrogen) atoms. The molecule has 2 N–H and O–H groups in total. The van der Waals surface area contributed by atoms with Gasteiger partial charge < -0.3 is 24.4 Å². The van der Waals surface area contributed by atoms with Gasteiger partial charge in [0, 0.05) is 25.7 Å². The molecular weight excluding hydrogens is 428 g/mol. The Morgan fingerprint density at radius 2 is 1.97 bits per heavy atom. The lowest BCUT2D eigenvalue weighted by Gasteiger charge is -2.49. The van der Waals surface area contributed by atoms with Crippen LogP contribution in [0.4, 0.5) is 0 Å². The Morgan fingerprint density at radius 1 is 1.30 bits per heavy atom. The van der Waals surface area contributed by atoms with Crippen LogP contribution in [0.15, 0.2) is 42.5 Å². The summed E-state index contributed by atoms with van der Waals surface area (Å²) in [5.41, 5.74) is -2.41. The van der Waals surface area contributed by atoms with Crippen molar-refractivity contribution in [3.8, 4) is 0 Å². The lowest BCUT2D eigenvalue weighted by atomic mass is 9.79. The minimum Gasteiger partial charge on any atom is -0.458 e. The Kier molecular flexibility index (Phi) is 7.24. The number of hydrogen-bond acceptors (Lipinski definition) is 8. The van der Waals surface area contributed by atoms with E-state index in [9.17, 15) is 24.6 Å². The van der Waals surface area contributed by atoms with Gasteiger partial charge in [-0.1, -0.05) is 43.8 Å². The average molecular weight is 461 g/mol. The maximum Gasteiger partial charge on any atom is 0.303 e. The van der Waals surface area contributed by atoms with E-state index in [0.29, 0.717) is 18.3 Å². The van der Waals surface area contributed by atoms with E-state index in [0.717, 1.165) is 5.56 Å². The third-order valence-electron chi connectivity index (χ3n) is 6.81. The van der Waals surface area contributed by atoms with Gasteiger partial charge >= 0.3 is 5.97 Å². The van der Waals surface area contributed by atoms with E-state index in [1.807, 2.05) is 37.3 Å². The average Bonchev–Trinajstić information content (AvgIpc) is 3.05. The zero-order chi connectivity index (χ0) is 24.4. The van der Waals surface area contributed by atoms with Gasteiger partial charge in [0.2, 0.25) is 0 Å². The fourth-order valence-electron chi connectivity index (χ4n) is 4.93. The molecular formula is C25H32O8. The Labute approximate surface area is 193 Å². The quantitative estimate of drug-likeness (QED) is 0.309. The largest absolute Gasteiger partial charge is 0.458 e. The van der Waals surface area contributed by atoms with E-state index in [-0.39, 0.29) is 31.5 Å². The second-order valence-corrected chi connectivity index (χ2v) is 9.20. The third-order valence-corrected chi connectivity index (χ3v) is 6.81. The highest BCUT2D eigenvalue weighted by molar-refractivity contribution is 5.79. The fourth-order valence-corrected chi connectivity index (χ4v) is 4.93. The van der Waals surface area contributed by atoms with Crippen molar-refractivity contribution in [2.75, 3.05) is 0 Å². The van der Waals surface area contributed by atoms with Crippen molar-refractivity contribution in [1.82, 2.24) is 0 Å². The summed E-state index contributed by atoms with van der Waals surface area (Å²) in [7, 11) is 0. The summed E-state index contributed by atoms with van der Waals surface area (Å²) in [6, 6.07) is 9.81. The van der Waals surface area contributed by atoms with Gasteiger partial charge in [0.05, 0.1) is 6.10 Å². The molecule has 2 heterocycles. The number of ether oxygens (including phenoxy) is 3. The molecule has 180 valence electrons. The summed E-state index contributed by atoms with van der Waals surface area (Å²) in [4.78, 5) is 35.3. The van der Waals surface area contributed by atoms with E-state index in [1.54, 1.807) is 0 Å². The number of benzene rings is 1. The van der Waals surface area contributed by atoms with E-state index in [2.05, 4.69) is 6.58 Å². The number of rotatable bonds is 10. The van der Waals surface area contributed by atoms with Gasteiger partial charge in [-0.3, -0.25) is 14.4 Å². The standard InChI is InChI=1S/C25H32O8/c1-16(22(31-19(4)28)17(2)12-20-8-6-5-7-9-20)10-11-25-21(29)13-23(14-26,33-25)24(30,15-27)18(3)32-25/h5-9,14-15,17-18,21-22,29-30H,1,10-13H2,2-4H3/t17-,18?,21-,22-,23?,24?,25?/m1/s1.